The monoisotopic (exact) mass is 320 g/mol. The topological polar surface area (TPSA) is 77.2 Å². The van der Waals surface area contributed by atoms with Gasteiger partial charge in [-0.25, -0.2) is 4.98 Å². The van der Waals surface area contributed by atoms with E-state index in [-0.39, 0.29) is 0 Å². The van der Waals surface area contributed by atoms with E-state index < -0.39 is 0 Å². The minimum atomic E-state index is 0.489. The second kappa shape index (κ2) is 7.68. The molecular weight excluding hydrogens is 304 g/mol. The highest BCUT2D eigenvalue weighted by Gasteiger charge is 1.98. The third-order valence-electron chi connectivity index (χ3n) is 3.06. The molecule has 0 radical (unpaired) electrons. The van der Waals surface area contributed by atoms with Gasteiger partial charge in [0.1, 0.15) is 18.7 Å². The summed E-state index contributed by atoms with van der Waals surface area (Å²) < 4.78 is 7.20. The molecule has 0 bridgehead atoms. The Morgan fingerprint density at radius 2 is 2.04 bits per heavy atom. The minimum absolute atomic E-state index is 0.489. The highest BCUT2D eigenvalue weighted by Crippen LogP contribution is 2.11. The van der Waals surface area contributed by atoms with Crippen LogP contribution in [0.5, 0.6) is 5.75 Å². The molecule has 0 aliphatic heterocycles. The minimum Gasteiger partial charge on any atom is -0.490 e. The van der Waals surface area contributed by atoms with Crippen LogP contribution in [0, 0.1) is 0 Å². The van der Waals surface area contributed by atoms with E-state index in [9.17, 15) is 0 Å². The lowest BCUT2D eigenvalue weighted by Gasteiger charge is -2.03. The van der Waals surface area contributed by atoms with Crippen molar-refractivity contribution in [3.05, 3.63) is 73.3 Å². The van der Waals surface area contributed by atoms with E-state index in [4.69, 9.17) is 4.74 Å². The summed E-state index contributed by atoms with van der Waals surface area (Å²) in [7, 11) is 0. The Morgan fingerprint density at radius 3 is 2.71 bits per heavy atom. The third kappa shape index (κ3) is 4.04. The van der Waals surface area contributed by atoms with Crippen LogP contribution in [0.3, 0.4) is 0 Å². The van der Waals surface area contributed by atoms with E-state index >= 15 is 0 Å². The standard InChI is InChI=1S/C17H16N6O/c1-2-11-24-15-5-3-14(4-6-15)12-19-20-16-7-8-17(22-21-16)23-10-9-18-13-23/h2-10,12-13H,1,11H2,(H,20,21)/b19-12+. The van der Waals surface area contributed by atoms with E-state index in [2.05, 4.69) is 32.3 Å². The maximum Gasteiger partial charge on any atom is 0.168 e. The third-order valence-corrected chi connectivity index (χ3v) is 3.06. The second-order valence-electron chi connectivity index (χ2n) is 4.79. The molecule has 0 aliphatic rings. The van der Waals surface area contributed by atoms with Crippen LogP contribution in [0.2, 0.25) is 0 Å². The van der Waals surface area contributed by atoms with Crippen LogP contribution in [-0.2, 0) is 0 Å². The summed E-state index contributed by atoms with van der Waals surface area (Å²) in [6.07, 6.45) is 8.56. The lowest BCUT2D eigenvalue weighted by Crippen LogP contribution is -2.00. The van der Waals surface area contributed by atoms with Crippen LogP contribution in [0.1, 0.15) is 5.56 Å². The molecular formula is C17H16N6O. The van der Waals surface area contributed by atoms with Crippen LogP contribution in [-0.4, -0.2) is 32.6 Å². The molecule has 2 heterocycles. The van der Waals surface area contributed by atoms with E-state index in [1.54, 1.807) is 41.6 Å². The number of benzene rings is 1. The Hall–Kier alpha value is -3.48. The zero-order valence-corrected chi connectivity index (χ0v) is 12.9. The van der Waals surface area contributed by atoms with Crippen LogP contribution < -0.4 is 10.2 Å². The molecule has 120 valence electrons. The molecule has 0 aliphatic carbocycles. The SMILES string of the molecule is C=CCOc1ccc(/C=N/Nc2ccc(-n3ccnc3)nn2)cc1. The number of aromatic nitrogens is 4. The largest absolute Gasteiger partial charge is 0.490 e. The number of nitrogens with zero attached hydrogens (tertiary/aromatic N) is 5. The summed E-state index contributed by atoms with van der Waals surface area (Å²) in [6.45, 7) is 4.10. The fraction of sp³-hybridized carbons (Fsp3) is 0.0588. The first-order chi connectivity index (χ1) is 11.8. The van der Waals surface area contributed by atoms with Gasteiger partial charge in [-0.2, -0.15) is 5.10 Å². The first-order valence-corrected chi connectivity index (χ1v) is 7.30. The Kier molecular flexibility index (Phi) is 4.94. The number of ether oxygens (including phenoxy) is 1. The number of imidazole rings is 1. The van der Waals surface area contributed by atoms with Gasteiger partial charge in [-0.1, -0.05) is 12.7 Å². The molecule has 2 aromatic heterocycles. The summed E-state index contributed by atoms with van der Waals surface area (Å²) in [5, 5.41) is 12.3. The number of rotatable bonds is 7. The molecule has 0 amide bonds. The van der Waals surface area contributed by atoms with Crippen molar-refractivity contribution in [3.63, 3.8) is 0 Å². The first kappa shape index (κ1) is 15.4. The lowest BCUT2D eigenvalue weighted by atomic mass is 10.2. The Labute approximate surface area is 139 Å². The molecule has 1 N–H and O–H groups in total. The van der Waals surface area contributed by atoms with Crippen LogP contribution in [0.15, 0.2) is 72.9 Å². The van der Waals surface area contributed by atoms with E-state index in [0.29, 0.717) is 18.2 Å². The molecule has 0 saturated heterocycles. The van der Waals surface area contributed by atoms with Gasteiger partial charge >= 0.3 is 0 Å². The fourth-order valence-corrected chi connectivity index (χ4v) is 1.90. The molecule has 0 fully saturated rings. The number of anilines is 1. The van der Waals surface area contributed by atoms with Crippen molar-refractivity contribution in [2.24, 2.45) is 5.10 Å². The molecule has 24 heavy (non-hydrogen) atoms. The van der Waals surface area contributed by atoms with Gasteiger partial charge < -0.3 is 4.74 Å². The highest BCUT2D eigenvalue weighted by atomic mass is 16.5. The second-order valence-corrected chi connectivity index (χ2v) is 4.79. The van der Waals surface area contributed by atoms with Crippen molar-refractivity contribution in [1.82, 2.24) is 19.7 Å². The van der Waals surface area contributed by atoms with Gasteiger partial charge in [0.15, 0.2) is 11.6 Å². The summed E-state index contributed by atoms with van der Waals surface area (Å²) in [5.41, 5.74) is 3.78. The van der Waals surface area contributed by atoms with Gasteiger partial charge in [-0.3, -0.25) is 9.99 Å². The van der Waals surface area contributed by atoms with Gasteiger partial charge in [0.05, 0.1) is 6.21 Å². The molecule has 3 rings (SSSR count). The average Bonchev–Trinajstić information content (AvgIpc) is 3.16. The van der Waals surface area contributed by atoms with Gasteiger partial charge in [0.2, 0.25) is 0 Å². The zero-order chi connectivity index (χ0) is 16.6. The van der Waals surface area contributed by atoms with Crippen molar-refractivity contribution in [2.75, 3.05) is 12.0 Å². The number of hydrogen-bond donors (Lipinski definition) is 1. The van der Waals surface area contributed by atoms with Crippen molar-refractivity contribution in [1.29, 1.82) is 0 Å². The molecule has 1 aromatic carbocycles. The van der Waals surface area contributed by atoms with E-state index in [1.165, 1.54) is 0 Å². The first-order valence-electron chi connectivity index (χ1n) is 7.30. The smallest absolute Gasteiger partial charge is 0.168 e. The van der Waals surface area contributed by atoms with E-state index in [0.717, 1.165) is 11.3 Å². The van der Waals surface area contributed by atoms with Gasteiger partial charge in [-0.15, -0.1) is 10.2 Å². The maximum absolute atomic E-state index is 5.42. The van der Waals surface area contributed by atoms with Gasteiger partial charge in [0.25, 0.3) is 0 Å². The van der Waals surface area contributed by atoms with Gasteiger partial charge in [-0.05, 0) is 42.0 Å². The van der Waals surface area contributed by atoms with E-state index in [1.807, 2.05) is 30.3 Å². The molecule has 0 spiro atoms. The lowest BCUT2D eigenvalue weighted by molar-refractivity contribution is 0.363. The molecule has 0 saturated carbocycles. The van der Waals surface area contributed by atoms with Crippen molar-refractivity contribution in [2.45, 2.75) is 0 Å². The van der Waals surface area contributed by atoms with Crippen LogP contribution >= 0.6 is 0 Å². The summed E-state index contributed by atoms with van der Waals surface area (Å²) in [4.78, 5) is 3.97. The number of hydrogen-bond acceptors (Lipinski definition) is 6. The van der Waals surface area contributed by atoms with Crippen molar-refractivity contribution < 1.29 is 4.74 Å². The molecule has 7 nitrogen and oxygen atoms in total. The summed E-state index contributed by atoms with van der Waals surface area (Å²) >= 11 is 0. The summed E-state index contributed by atoms with van der Waals surface area (Å²) in [6, 6.07) is 11.2. The Balaban J connectivity index is 1.56. The number of hydrazone groups is 1. The normalized spacial score (nSPS) is 10.7. The van der Waals surface area contributed by atoms with Crippen LogP contribution in [0.25, 0.3) is 5.82 Å². The predicted octanol–water partition coefficient (Wildman–Crippen LogP) is 2.67. The molecule has 7 heteroatoms. The van der Waals surface area contributed by atoms with Crippen LogP contribution in [0.4, 0.5) is 5.82 Å². The molecule has 0 atom stereocenters. The number of nitrogens with one attached hydrogen (secondary N) is 1. The highest BCUT2D eigenvalue weighted by molar-refractivity contribution is 5.80. The fourth-order valence-electron chi connectivity index (χ4n) is 1.90. The Bertz CT molecular complexity index is 794. The predicted molar refractivity (Wildman–Crippen MR) is 92.5 cm³/mol. The average molecular weight is 320 g/mol. The molecule has 0 unspecified atom stereocenters. The quantitative estimate of drug-likeness (QED) is 0.411. The zero-order valence-electron chi connectivity index (χ0n) is 12.9. The summed E-state index contributed by atoms with van der Waals surface area (Å²) in [5.74, 6) is 2.04. The van der Waals surface area contributed by atoms with Gasteiger partial charge in [0, 0.05) is 12.4 Å². The Morgan fingerprint density at radius 1 is 1.17 bits per heavy atom. The van der Waals surface area contributed by atoms with Crippen molar-refractivity contribution >= 4 is 12.0 Å². The molecule has 3 aromatic rings. The maximum atomic E-state index is 5.42. The van der Waals surface area contributed by atoms with Crippen molar-refractivity contribution in [3.8, 4) is 11.6 Å².